The standard InChI is InChI=1S/C62H95I2N12/c1-51-4-11-59(65-44-51)75-23-12-52(13-24-75)45-68-27-16-61(17-28-68)18-29-69(30-19-61)48-64-53-5-7-54(8-6-53)73-38-36-72(37-39-73)50-76-33-22-62(46-67(3)47-62)43-58(76)56-42-55(9-10-57(56)63)74-40-34-71(35-41-74)49-70-31-20-60(21-32-70)14-25-66(2)26-15-60/h4-11,42,44,52,58H,12-41,43,45-50H2,1-3H3/q-1. The summed E-state index contributed by atoms with van der Waals surface area (Å²) in [7, 11) is 4.63. The molecule has 1 atom stereocenters. The predicted molar refractivity (Wildman–Crippen MR) is 318 cm³/mol. The summed E-state index contributed by atoms with van der Waals surface area (Å²) < 4.78 is 4.37. The van der Waals surface area contributed by atoms with Crippen molar-refractivity contribution in [3.8, 4) is 0 Å². The molecule has 9 aliphatic rings. The van der Waals surface area contributed by atoms with E-state index in [0.717, 1.165) is 77.4 Å². The summed E-state index contributed by atoms with van der Waals surface area (Å²) in [5, 5.41) is 0. The van der Waals surface area contributed by atoms with E-state index < -0.39 is 0 Å². The molecule has 3 aromatic rings. The Bertz CT molecular complexity index is 2300. The molecule has 0 radical (unpaired) electrons. The molecule has 2 aromatic carbocycles. The van der Waals surface area contributed by atoms with Crippen LogP contribution in [0.15, 0.2) is 60.8 Å². The molecule has 1 unspecified atom stereocenters. The number of halogens is 2. The van der Waals surface area contributed by atoms with Crippen LogP contribution in [0.4, 0.5) is 17.2 Å². The number of alkyl halides is 1. The van der Waals surface area contributed by atoms with E-state index in [2.05, 4.69) is 152 Å². The number of aryl methyl sites for hydroxylation is 1. The molecule has 0 N–H and O–H groups in total. The molecular formula is C62H95I2N12-. The molecule has 9 fully saturated rings. The van der Waals surface area contributed by atoms with Gasteiger partial charge in [-0.2, -0.15) is 0 Å². The van der Waals surface area contributed by atoms with Crippen LogP contribution in [0.25, 0.3) is 0 Å². The Kier molecular flexibility index (Phi) is 17.5. The molecule has 9 saturated heterocycles. The fraction of sp³-hybridized carbons (Fsp3) is 0.726. The molecule has 9 aliphatic heterocycles. The van der Waals surface area contributed by atoms with Crippen LogP contribution in [0.3, 0.4) is 0 Å². The Balaban J connectivity index is 0.572. The third-order valence-corrected chi connectivity index (χ3v) is 25.0. The van der Waals surface area contributed by atoms with Crippen LogP contribution < -0.4 is 35.9 Å². The van der Waals surface area contributed by atoms with E-state index in [1.807, 2.05) is 6.20 Å². The fourth-order valence-electron chi connectivity index (χ4n) is 15.7. The molecule has 0 aliphatic carbocycles. The van der Waals surface area contributed by atoms with Gasteiger partial charge in [-0.3, -0.25) is 9.80 Å². The van der Waals surface area contributed by atoms with E-state index in [1.165, 1.54) is 194 Å². The number of hydrogen-bond acceptors (Lipinski definition) is 12. The van der Waals surface area contributed by atoms with Gasteiger partial charge in [0, 0.05) is 54.7 Å². The Labute approximate surface area is 483 Å². The number of anilines is 3. The van der Waals surface area contributed by atoms with Crippen molar-refractivity contribution in [3.05, 3.63) is 79.1 Å². The van der Waals surface area contributed by atoms with Gasteiger partial charge in [-0.05, 0) is 136 Å². The van der Waals surface area contributed by atoms with E-state index >= 15 is 0 Å². The minimum Gasteiger partial charge on any atom is -0.239 e. The maximum atomic E-state index is 4.70. The molecule has 0 saturated carbocycles. The molecule has 418 valence electrons. The number of rotatable bonds is 13. The van der Waals surface area contributed by atoms with Crippen molar-refractivity contribution < 1.29 is 21.2 Å². The van der Waals surface area contributed by atoms with Gasteiger partial charge in [0.15, 0.2) is 0 Å². The van der Waals surface area contributed by atoms with Gasteiger partial charge in [0.05, 0.1) is 6.67 Å². The third kappa shape index (κ3) is 13.1. The van der Waals surface area contributed by atoms with Gasteiger partial charge in [-0.15, -0.1) is 0 Å². The minimum absolute atomic E-state index is 0.00216. The van der Waals surface area contributed by atoms with Gasteiger partial charge in [0.1, 0.15) is 5.82 Å². The van der Waals surface area contributed by atoms with Crippen molar-refractivity contribution >= 4 is 39.8 Å². The van der Waals surface area contributed by atoms with E-state index in [9.17, 15) is 0 Å². The summed E-state index contributed by atoms with van der Waals surface area (Å²) in [6, 6.07) is 22.3. The van der Waals surface area contributed by atoms with Gasteiger partial charge in [0.25, 0.3) is 0 Å². The summed E-state index contributed by atoms with van der Waals surface area (Å²) in [5.41, 5.74) is 7.42. The first-order valence-electron chi connectivity index (χ1n) is 30.4. The van der Waals surface area contributed by atoms with E-state index in [-0.39, 0.29) is 21.2 Å². The monoisotopic (exact) mass is 1260 g/mol. The Hall–Kier alpha value is -1.87. The van der Waals surface area contributed by atoms with Gasteiger partial charge in [-0.1, -0.05) is 6.07 Å². The Morgan fingerprint density at radius 3 is 1.70 bits per heavy atom. The molecule has 10 heterocycles. The predicted octanol–water partition coefficient (Wildman–Crippen LogP) is 5.04. The first-order valence-corrected chi connectivity index (χ1v) is 34.1. The van der Waals surface area contributed by atoms with E-state index in [0.29, 0.717) is 22.3 Å². The fourth-order valence-corrected chi connectivity index (χ4v) is 18.8. The number of piperidine rings is 6. The Morgan fingerprint density at radius 1 is 0.526 bits per heavy atom. The Morgan fingerprint density at radius 2 is 1.08 bits per heavy atom. The number of nitrogens with zero attached hydrogens (tertiary/aromatic N) is 12. The van der Waals surface area contributed by atoms with Gasteiger partial charge in [-0.25, -0.2) is 4.98 Å². The summed E-state index contributed by atoms with van der Waals surface area (Å²) in [6.07, 6.45) is 18.6. The average Bonchev–Trinajstić information content (AvgIpc) is 3.50. The van der Waals surface area contributed by atoms with Crippen LogP contribution in [0, 0.1) is 36.2 Å². The average molecular weight is 1260 g/mol. The van der Waals surface area contributed by atoms with Gasteiger partial charge >= 0.3 is 243 Å². The van der Waals surface area contributed by atoms with Gasteiger partial charge in [0.2, 0.25) is 0 Å². The zero-order chi connectivity index (χ0) is 51.7. The zero-order valence-electron chi connectivity index (χ0n) is 47.2. The summed E-state index contributed by atoms with van der Waals surface area (Å²) in [6.45, 7) is 31.3. The molecule has 0 amide bonds. The number of hydrogen-bond donors (Lipinski definition) is 0. The topological polar surface area (TPSA) is 48.5 Å². The van der Waals surface area contributed by atoms with Crippen LogP contribution in [0.5, 0.6) is 0 Å². The van der Waals surface area contributed by atoms with Crippen LogP contribution in [0.1, 0.15) is 94.2 Å². The molecular weight excluding hydrogens is 1170 g/mol. The number of aromatic nitrogens is 1. The summed E-state index contributed by atoms with van der Waals surface area (Å²) >= 11 is 2.68. The normalized spacial score (nSPS) is 27.3. The molecule has 1 aromatic heterocycles. The summed E-state index contributed by atoms with van der Waals surface area (Å²) in [4.78, 5) is 34.5. The number of pyridine rings is 1. The van der Waals surface area contributed by atoms with Crippen molar-refractivity contribution in [2.45, 2.75) is 90.0 Å². The van der Waals surface area contributed by atoms with E-state index in [4.69, 9.17) is 4.98 Å². The van der Waals surface area contributed by atoms with Crippen molar-refractivity contribution in [2.75, 3.05) is 191 Å². The van der Waals surface area contributed by atoms with Crippen molar-refractivity contribution in [3.63, 3.8) is 0 Å². The second-order valence-corrected chi connectivity index (χ2v) is 30.2. The smallest absolute Gasteiger partial charge is 0.239 e. The van der Waals surface area contributed by atoms with Crippen molar-refractivity contribution in [1.82, 2.24) is 44.2 Å². The van der Waals surface area contributed by atoms with Crippen molar-refractivity contribution in [1.29, 1.82) is 0 Å². The first kappa shape index (κ1) is 54.7. The third-order valence-electron chi connectivity index (χ3n) is 21.2. The number of benzene rings is 2. The molecule has 12 nitrogen and oxygen atoms in total. The molecule has 14 heteroatoms. The van der Waals surface area contributed by atoms with Crippen LogP contribution in [0.2, 0.25) is 0 Å². The van der Waals surface area contributed by atoms with Gasteiger partial charge < -0.3 is 19.6 Å². The van der Waals surface area contributed by atoms with Crippen LogP contribution >= 0.6 is 22.6 Å². The number of piperazine rings is 2. The van der Waals surface area contributed by atoms with Crippen molar-refractivity contribution in [2.24, 2.45) is 22.2 Å². The van der Waals surface area contributed by atoms with Crippen LogP contribution in [-0.4, -0.2) is 220 Å². The molecule has 76 heavy (non-hydrogen) atoms. The molecule has 0 bridgehead atoms. The molecule has 12 rings (SSSR count). The van der Waals surface area contributed by atoms with E-state index in [1.54, 1.807) is 9.13 Å². The zero-order valence-corrected chi connectivity index (χ0v) is 51.5. The summed E-state index contributed by atoms with van der Waals surface area (Å²) in [5.74, 6) is 2.01. The first-order chi connectivity index (χ1) is 37.0. The maximum absolute atomic E-state index is 4.70. The molecule has 3 spiro atoms. The second kappa shape index (κ2) is 24.3. The minimum atomic E-state index is 0.00216. The SMILES string of the molecule is Cc1ccc(N2CCC(CN3CCC4(CCN(C[I-]c5ccc(N6CCN(CN7CCC8(CC7c7cc(N9CCN(CN%10CCC%11(CCN(C)CC%11)CC%10)CC9)ccc7I)CN(C)C8)CC6)cc5)CC4)CC3)CC2)nc1. The quantitative estimate of drug-likeness (QED) is 0.131. The second-order valence-electron chi connectivity index (χ2n) is 26.3. The number of likely N-dealkylation sites (tertiary alicyclic amines) is 6. The van der Waals surface area contributed by atoms with Crippen LogP contribution in [-0.2, 0) is 0 Å².